The van der Waals surface area contributed by atoms with E-state index in [0.717, 1.165) is 0 Å². The Labute approximate surface area is 129 Å². The second kappa shape index (κ2) is 6.87. The third-order valence-corrected chi connectivity index (χ3v) is 5.04. The first-order valence-electron chi connectivity index (χ1n) is 6.73. The first-order chi connectivity index (χ1) is 10.4. The number of carbonyl (C=O) groups excluding carboxylic acids is 1. The van der Waals surface area contributed by atoms with Crippen LogP contribution in [-0.4, -0.2) is 51.1 Å². The predicted octanol–water partition coefficient (Wildman–Crippen LogP) is 0.776. The van der Waals surface area contributed by atoms with Gasteiger partial charge < -0.3 is 9.47 Å². The summed E-state index contributed by atoms with van der Waals surface area (Å²) in [5.74, 6) is -0.729. The maximum Gasteiger partial charge on any atom is 0.339 e. The molecule has 1 aromatic carbocycles. The molecule has 1 aliphatic rings. The molecule has 0 spiro atoms. The Hall–Kier alpha value is -1.95. The number of esters is 1. The van der Waals surface area contributed by atoms with Crippen LogP contribution in [0.2, 0.25) is 0 Å². The highest BCUT2D eigenvalue weighted by Gasteiger charge is 2.27. The average Bonchev–Trinajstić information content (AvgIpc) is 2.55. The Morgan fingerprint density at radius 2 is 2.09 bits per heavy atom. The van der Waals surface area contributed by atoms with Gasteiger partial charge in [-0.15, -0.1) is 0 Å². The fourth-order valence-corrected chi connectivity index (χ4v) is 3.43. The zero-order valence-corrected chi connectivity index (χ0v) is 12.9. The van der Waals surface area contributed by atoms with E-state index in [2.05, 4.69) is 0 Å². The normalized spacial score (nSPS) is 17.5. The molecule has 1 fully saturated rings. The van der Waals surface area contributed by atoms with Crippen molar-refractivity contribution < 1.29 is 22.7 Å². The lowest BCUT2D eigenvalue weighted by Gasteiger charge is -2.26. The van der Waals surface area contributed by atoms with Crippen molar-refractivity contribution in [3.8, 4) is 6.07 Å². The van der Waals surface area contributed by atoms with E-state index in [1.807, 2.05) is 0 Å². The molecule has 0 saturated carbocycles. The largest absolute Gasteiger partial charge is 0.444 e. The standard InChI is InChI=1S/C14H16N2O5S/c1-11(10-15)21-14(17)12-3-2-4-13(9-12)22(18,19)16-5-7-20-8-6-16/h2-4,9,11H,5-8H2,1H3/t11-/m1/s1. The summed E-state index contributed by atoms with van der Waals surface area (Å²) in [5, 5.41) is 8.64. The molecule has 118 valence electrons. The fraction of sp³-hybridized carbons (Fsp3) is 0.429. The van der Waals surface area contributed by atoms with Gasteiger partial charge in [-0.05, 0) is 25.1 Å². The lowest BCUT2D eigenvalue weighted by molar-refractivity contribution is 0.0435. The van der Waals surface area contributed by atoms with Gasteiger partial charge in [0, 0.05) is 13.1 Å². The fourth-order valence-electron chi connectivity index (χ4n) is 1.97. The summed E-state index contributed by atoms with van der Waals surface area (Å²) >= 11 is 0. The molecule has 0 radical (unpaired) electrons. The number of hydrogen-bond donors (Lipinski definition) is 0. The Morgan fingerprint density at radius 3 is 2.73 bits per heavy atom. The molecule has 2 rings (SSSR count). The van der Waals surface area contributed by atoms with Gasteiger partial charge in [0.2, 0.25) is 10.0 Å². The summed E-state index contributed by atoms with van der Waals surface area (Å²) in [5.41, 5.74) is 0.0939. The Balaban J connectivity index is 2.24. The number of nitriles is 1. The number of sulfonamides is 1. The van der Waals surface area contributed by atoms with Gasteiger partial charge in [-0.3, -0.25) is 0 Å². The zero-order chi connectivity index (χ0) is 16.2. The van der Waals surface area contributed by atoms with Crippen LogP contribution in [0.15, 0.2) is 29.2 Å². The van der Waals surface area contributed by atoms with Crippen LogP contribution in [0.5, 0.6) is 0 Å². The molecule has 7 nitrogen and oxygen atoms in total. The van der Waals surface area contributed by atoms with Gasteiger partial charge in [0.15, 0.2) is 6.10 Å². The Kier molecular flexibility index (Phi) is 5.13. The van der Waals surface area contributed by atoms with Gasteiger partial charge in [-0.1, -0.05) is 6.07 Å². The van der Waals surface area contributed by atoms with E-state index in [9.17, 15) is 13.2 Å². The molecule has 0 aliphatic carbocycles. The van der Waals surface area contributed by atoms with Crippen LogP contribution in [0.25, 0.3) is 0 Å². The molecule has 1 aromatic rings. The van der Waals surface area contributed by atoms with Crippen molar-refractivity contribution in [3.05, 3.63) is 29.8 Å². The zero-order valence-electron chi connectivity index (χ0n) is 12.1. The van der Waals surface area contributed by atoms with E-state index in [1.165, 1.54) is 35.5 Å². The van der Waals surface area contributed by atoms with Crippen molar-refractivity contribution >= 4 is 16.0 Å². The van der Waals surface area contributed by atoms with Crippen LogP contribution in [-0.2, 0) is 19.5 Å². The maximum absolute atomic E-state index is 12.5. The third kappa shape index (κ3) is 3.62. The minimum atomic E-state index is -3.67. The maximum atomic E-state index is 12.5. The number of benzene rings is 1. The topological polar surface area (TPSA) is 96.7 Å². The molecular weight excluding hydrogens is 308 g/mol. The summed E-state index contributed by atoms with van der Waals surface area (Å²) in [7, 11) is -3.67. The molecule has 8 heteroatoms. The van der Waals surface area contributed by atoms with Crippen LogP contribution in [0.1, 0.15) is 17.3 Å². The van der Waals surface area contributed by atoms with Crippen LogP contribution < -0.4 is 0 Å². The minimum Gasteiger partial charge on any atom is -0.444 e. The van der Waals surface area contributed by atoms with Crippen molar-refractivity contribution in [1.82, 2.24) is 4.31 Å². The number of rotatable bonds is 4. The van der Waals surface area contributed by atoms with Crippen molar-refractivity contribution in [1.29, 1.82) is 5.26 Å². The molecule has 1 atom stereocenters. The molecule has 1 saturated heterocycles. The second-order valence-corrected chi connectivity index (χ2v) is 6.66. The van der Waals surface area contributed by atoms with E-state index < -0.39 is 22.1 Å². The predicted molar refractivity (Wildman–Crippen MR) is 76.5 cm³/mol. The van der Waals surface area contributed by atoms with Crippen molar-refractivity contribution in [3.63, 3.8) is 0 Å². The van der Waals surface area contributed by atoms with Gasteiger partial charge in [-0.25, -0.2) is 13.2 Å². The SMILES string of the molecule is C[C@H](C#N)OC(=O)c1cccc(S(=O)(=O)N2CCOCC2)c1. The summed E-state index contributed by atoms with van der Waals surface area (Å²) in [4.78, 5) is 11.9. The summed E-state index contributed by atoms with van der Waals surface area (Å²) < 4.78 is 36.3. The lowest BCUT2D eigenvalue weighted by Crippen LogP contribution is -2.40. The van der Waals surface area contributed by atoms with E-state index >= 15 is 0 Å². The number of hydrogen-bond acceptors (Lipinski definition) is 6. The highest BCUT2D eigenvalue weighted by molar-refractivity contribution is 7.89. The van der Waals surface area contributed by atoms with Crippen LogP contribution in [0.3, 0.4) is 0 Å². The Morgan fingerprint density at radius 1 is 1.41 bits per heavy atom. The quantitative estimate of drug-likeness (QED) is 0.759. The monoisotopic (exact) mass is 324 g/mol. The number of carbonyl (C=O) groups is 1. The number of nitrogens with zero attached hydrogens (tertiary/aromatic N) is 2. The van der Waals surface area contributed by atoms with Gasteiger partial charge in [0.05, 0.1) is 23.7 Å². The van der Waals surface area contributed by atoms with Crippen molar-refractivity contribution in [2.24, 2.45) is 0 Å². The van der Waals surface area contributed by atoms with Gasteiger partial charge in [0.25, 0.3) is 0 Å². The van der Waals surface area contributed by atoms with Crippen LogP contribution >= 0.6 is 0 Å². The molecule has 1 heterocycles. The molecular formula is C14H16N2O5S. The molecule has 0 aromatic heterocycles. The number of ether oxygens (including phenoxy) is 2. The lowest BCUT2D eigenvalue weighted by atomic mass is 10.2. The first kappa shape index (κ1) is 16.4. The van der Waals surface area contributed by atoms with E-state index in [0.29, 0.717) is 13.2 Å². The van der Waals surface area contributed by atoms with Gasteiger partial charge in [0.1, 0.15) is 6.07 Å². The molecule has 0 N–H and O–H groups in total. The third-order valence-electron chi connectivity index (χ3n) is 3.14. The van der Waals surface area contributed by atoms with Crippen molar-refractivity contribution in [2.75, 3.05) is 26.3 Å². The molecule has 1 aliphatic heterocycles. The highest BCUT2D eigenvalue weighted by Crippen LogP contribution is 2.19. The van der Waals surface area contributed by atoms with Crippen molar-refractivity contribution in [2.45, 2.75) is 17.9 Å². The summed E-state index contributed by atoms with van der Waals surface area (Å²) in [6, 6.07) is 7.39. The molecule has 0 bridgehead atoms. The van der Waals surface area contributed by atoms with Gasteiger partial charge in [-0.2, -0.15) is 9.57 Å². The smallest absolute Gasteiger partial charge is 0.339 e. The van der Waals surface area contributed by atoms with E-state index in [1.54, 1.807) is 6.07 Å². The van der Waals surface area contributed by atoms with E-state index in [4.69, 9.17) is 14.7 Å². The molecule has 0 amide bonds. The number of morpholine rings is 1. The molecule has 0 unspecified atom stereocenters. The van der Waals surface area contributed by atoms with Crippen LogP contribution in [0.4, 0.5) is 0 Å². The highest BCUT2D eigenvalue weighted by atomic mass is 32.2. The minimum absolute atomic E-state index is 0.0217. The second-order valence-electron chi connectivity index (χ2n) is 4.72. The average molecular weight is 324 g/mol. The first-order valence-corrected chi connectivity index (χ1v) is 8.17. The Bertz CT molecular complexity index is 689. The summed E-state index contributed by atoms with van der Waals surface area (Å²) in [6.45, 7) is 2.69. The van der Waals surface area contributed by atoms with E-state index in [-0.39, 0.29) is 23.5 Å². The van der Waals surface area contributed by atoms with Crippen LogP contribution in [0, 0.1) is 11.3 Å². The summed E-state index contributed by atoms with van der Waals surface area (Å²) in [6.07, 6.45) is -0.896. The molecule has 22 heavy (non-hydrogen) atoms. The van der Waals surface area contributed by atoms with Gasteiger partial charge >= 0.3 is 5.97 Å².